The fraction of sp³-hybridized carbons (Fsp3) is 0.263. The van der Waals surface area contributed by atoms with Crippen molar-refractivity contribution in [2.24, 2.45) is 7.05 Å². The van der Waals surface area contributed by atoms with Gasteiger partial charge in [0.2, 0.25) is 0 Å². The van der Waals surface area contributed by atoms with E-state index in [1.54, 1.807) is 20.4 Å². The molecule has 0 N–H and O–H groups in total. The predicted octanol–water partition coefficient (Wildman–Crippen LogP) is 2.95. The highest BCUT2D eigenvalue weighted by Gasteiger charge is 2.28. The largest absolute Gasteiger partial charge is 0.601 e. The molecule has 4 heteroatoms. The van der Waals surface area contributed by atoms with Crippen LogP contribution in [0.3, 0.4) is 0 Å². The molecule has 0 aliphatic rings. The maximum Gasteiger partial charge on any atom is 0.601 e. The topological polar surface area (TPSA) is 43.3 Å². The number of benzene rings is 2. The summed E-state index contributed by atoms with van der Waals surface area (Å²) in [5.74, 6) is 0.359. The summed E-state index contributed by atoms with van der Waals surface area (Å²) in [7, 11) is 3.31. The lowest BCUT2D eigenvalue weighted by molar-refractivity contribution is -0.696. The zero-order valence-electron chi connectivity index (χ0n) is 13.8. The Hall–Kier alpha value is -2.62. The number of methoxy groups -OCH3 is 1. The van der Waals surface area contributed by atoms with E-state index in [0.29, 0.717) is 5.58 Å². The molecule has 3 aromatic rings. The van der Waals surface area contributed by atoms with E-state index in [1.807, 2.05) is 30.3 Å². The molecular formula is C19H20NO3+. The van der Waals surface area contributed by atoms with E-state index >= 15 is 0 Å². The van der Waals surface area contributed by atoms with Gasteiger partial charge in [-0.1, -0.05) is 44.2 Å². The molecule has 0 unspecified atom stereocenters. The number of aromatic nitrogens is 1. The lowest BCUT2D eigenvalue weighted by Gasteiger charge is -2.26. The molecule has 0 aliphatic carbocycles. The quantitative estimate of drug-likeness (QED) is 0.699. The van der Waals surface area contributed by atoms with Crippen LogP contribution in [0, 0.1) is 0 Å². The minimum atomic E-state index is -0.382. The number of hydrogen-bond donors (Lipinski definition) is 0. The SMILES string of the molecule is COc1cc(C(C)(C)c2ccccc2)c2oc(=O)[n+](C)cc2c1. The summed E-state index contributed by atoms with van der Waals surface area (Å²) in [6, 6.07) is 14.0. The molecule has 0 amide bonds. The maximum atomic E-state index is 12.0. The molecule has 0 bridgehead atoms. The Kier molecular flexibility index (Phi) is 3.68. The van der Waals surface area contributed by atoms with Crippen molar-refractivity contribution in [2.75, 3.05) is 7.11 Å². The van der Waals surface area contributed by atoms with Crippen molar-refractivity contribution in [1.82, 2.24) is 0 Å². The maximum absolute atomic E-state index is 12.0. The van der Waals surface area contributed by atoms with Crippen LogP contribution in [0.5, 0.6) is 5.75 Å². The first-order chi connectivity index (χ1) is 10.9. The van der Waals surface area contributed by atoms with Gasteiger partial charge < -0.3 is 9.15 Å². The van der Waals surface area contributed by atoms with Crippen molar-refractivity contribution in [3.05, 3.63) is 70.3 Å². The second kappa shape index (κ2) is 5.54. The van der Waals surface area contributed by atoms with Crippen molar-refractivity contribution in [1.29, 1.82) is 0 Å². The summed E-state index contributed by atoms with van der Waals surface area (Å²) < 4.78 is 12.4. The number of hydrogen-bond acceptors (Lipinski definition) is 3. The van der Waals surface area contributed by atoms with E-state index < -0.39 is 0 Å². The fourth-order valence-electron chi connectivity index (χ4n) is 2.85. The Balaban J connectivity index is 2.35. The molecular weight excluding hydrogens is 290 g/mol. The minimum Gasteiger partial charge on any atom is -0.497 e. The van der Waals surface area contributed by atoms with Crippen molar-refractivity contribution >= 4 is 11.0 Å². The summed E-state index contributed by atoms with van der Waals surface area (Å²) in [5.41, 5.74) is 2.34. The molecule has 0 saturated carbocycles. The number of rotatable bonds is 3. The van der Waals surface area contributed by atoms with Gasteiger partial charge >= 0.3 is 5.76 Å². The van der Waals surface area contributed by atoms with Gasteiger partial charge in [-0.25, -0.2) is 0 Å². The van der Waals surface area contributed by atoms with Gasteiger partial charge in [-0.3, -0.25) is 0 Å². The van der Waals surface area contributed by atoms with Crippen molar-refractivity contribution in [3.63, 3.8) is 0 Å². The number of fused-ring (bicyclic) bond motifs is 1. The monoisotopic (exact) mass is 310 g/mol. The van der Waals surface area contributed by atoms with E-state index in [4.69, 9.17) is 9.15 Å². The zero-order chi connectivity index (χ0) is 16.6. The molecule has 2 aromatic carbocycles. The molecule has 1 heterocycles. The second-order valence-corrected chi connectivity index (χ2v) is 6.19. The van der Waals surface area contributed by atoms with Crippen molar-refractivity contribution in [2.45, 2.75) is 19.3 Å². The van der Waals surface area contributed by atoms with Gasteiger partial charge in [-0.2, -0.15) is 4.79 Å². The van der Waals surface area contributed by atoms with E-state index in [-0.39, 0.29) is 11.2 Å². The second-order valence-electron chi connectivity index (χ2n) is 6.19. The molecule has 0 saturated heterocycles. The average molecular weight is 310 g/mol. The smallest absolute Gasteiger partial charge is 0.497 e. The Morgan fingerprint density at radius 2 is 1.83 bits per heavy atom. The summed E-state index contributed by atoms with van der Waals surface area (Å²) in [6.45, 7) is 4.23. The molecule has 0 aliphatic heterocycles. The summed E-state index contributed by atoms with van der Waals surface area (Å²) in [6.07, 6.45) is 1.77. The van der Waals surface area contributed by atoms with Gasteiger partial charge in [-0.15, -0.1) is 4.57 Å². The Morgan fingerprint density at radius 3 is 2.48 bits per heavy atom. The van der Waals surface area contributed by atoms with Crippen LogP contribution in [0.15, 0.2) is 57.9 Å². The number of ether oxygens (including phenoxy) is 1. The van der Waals surface area contributed by atoms with Crippen LogP contribution < -0.4 is 15.1 Å². The number of aryl methyl sites for hydroxylation is 1. The van der Waals surface area contributed by atoms with Gasteiger partial charge in [0, 0.05) is 11.0 Å². The van der Waals surface area contributed by atoms with E-state index in [0.717, 1.165) is 22.3 Å². The Labute approximate surface area is 135 Å². The first-order valence-corrected chi connectivity index (χ1v) is 7.51. The molecule has 118 valence electrons. The molecule has 0 spiro atoms. The van der Waals surface area contributed by atoms with Crippen LogP contribution in [-0.2, 0) is 12.5 Å². The first kappa shape index (κ1) is 15.3. The van der Waals surface area contributed by atoms with Crippen LogP contribution in [0.2, 0.25) is 0 Å². The van der Waals surface area contributed by atoms with Crippen LogP contribution >= 0.6 is 0 Å². The van der Waals surface area contributed by atoms with Crippen molar-refractivity contribution in [3.8, 4) is 5.75 Å². The fourth-order valence-corrected chi connectivity index (χ4v) is 2.85. The summed E-state index contributed by atoms with van der Waals surface area (Å²) in [5, 5.41) is 0.838. The lowest BCUT2D eigenvalue weighted by atomic mass is 9.77. The van der Waals surface area contributed by atoms with E-state index in [2.05, 4.69) is 26.0 Å². The van der Waals surface area contributed by atoms with E-state index in [9.17, 15) is 4.79 Å². The molecule has 0 fully saturated rings. The summed E-state index contributed by atoms with van der Waals surface area (Å²) in [4.78, 5) is 12.0. The highest BCUT2D eigenvalue weighted by molar-refractivity contribution is 5.82. The normalized spacial score (nSPS) is 11.7. The Morgan fingerprint density at radius 1 is 1.13 bits per heavy atom. The van der Waals surface area contributed by atoms with Gasteiger partial charge in [0.25, 0.3) is 0 Å². The third kappa shape index (κ3) is 2.61. The molecule has 3 rings (SSSR count). The Bertz CT molecular complexity index is 911. The third-order valence-electron chi connectivity index (χ3n) is 4.31. The standard InChI is InChI=1S/C19H20NO3/c1-19(2,14-8-6-5-7-9-14)16-11-15(22-4)10-13-12-20(3)18(21)23-17(13)16/h5-12H,1-4H3/q+1. The number of nitrogens with zero attached hydrogens (tertiary/aromatic N) is 1. The van der Waals surface area contributed by atoms with Gasteiger partial charge in [-0.05, 0) is 17.7 Å². The highest BCUT2D eigenvalue weighted by atomic mass is 16.5. The molecule has 23 heavy (non-hydrogen) atoms. The highest BCUT2D eigenvalue weighted by Crippen LogP contribution is 2.37. The molecule has 0 radical (unpaired) electrons. The van der Waals surface area contributed by atoms with Crippen LogP contribution in [0.25, 0.3) is 11.0 Å². The van der Waals surface area contributed by atoms with Gasteiger partial charge in [0.15, 0.2) is 11.8 Å². The first-order valence-electron chi connectivity index (χ1n) is 7.51. The van der Waals surface area contributed by atoms with Gasteiger partial charge in [0.1, 0.15) is 12.8 Å². The zero-order valence-corrected chi connectivity index (χ0v) is 13.8. The van der Waals surface area contributed by atoms with E-state index in [1.165, 1.54) is 4.57 Å². The van der Waals surface area contributed by atoms with Gasteiger partial charge in [0.05, 0.1) is 12.5 Å². The molecule has 1 aromatic heterocycles. The minimum absolute atomic E-state index is 0.329. The van der Waals surface area contributed by atoms with Crippen molar-refractivity contribution < 1.29 is 13.7 Å². The van der Waals surface area contributed by atoms with Crippen LogP contribution in [0.4, 0.5) is 0 Å². The van der Waals surface area contributed by atoms with Crippen LogP contribution in [-0.4, -0.2) is 7.11 Å². The average Bonchev–Trinajstić information content (AvgIpc) is 2.55. The lowest BCUT2D eigenvalue weighted by Crippen LogP contribution is -2.45. The van der Waals surface area contributed by atoms with Crippen LogP contribution in [0.1, 0.15) is 25.0 Å². The molecule has 0 atom stereocenters. The third-order valence-corrected chi connectivity index (χ3v) is 4.31. The predicted molar refractivity (Wildman–Crippen MR) is 88.8 cm³/mol. The molecule has 4 nitrogen and oxygen atoms in total. The summed E-state index contributed by atoms with van der Waals surface area (Å²) >= 11 is 0.